The summed E-state index contributed by atoms with van der Waals surface area (Å²) in [6.45, 7) is 0. The molecule has 0 aliphatic carbocycles. The van der Waals surface area contributed by atoms with Gasteiger partial charge in [0.1, 0.15) is 5.70 Å². The zero-order valence-electron chi connectivity index (χ0n) is 10.5. The number of benzene rings is 1. The van der Waals surface area contributed by atoms with Crippen LogP contribution in [-0.4, -0.2) is 26.2 Å². The molecule has 5 nitrogen and oxygen atoms in total. The molecule has 20 heavy (non-hydrogen) atoms. The van der Waals surface area contributed by atoms with Gasteiger partial charge in [0.25, 0.3) is 0 Å². The smallest absolute Gasteiger partial charge is 0.354 e. The minimum atomic E-state index is -1.71. The minimum absolute atomic E-state index is 0.496. The summed E-state index contributed by atoms with van der Waals surface area (Å²) in [5.74, 6) is -6.56. The fourth-order valence-electron chi connectivity index (χ4n) is 1.20. The number of nitrogens with one attached hydrogen (secondary N) is 1. The van der Waals surface area contributed by atoms with E-state index in [0.717, 1.165) is 20.3 Å². The molecule has 0 unspecified atom stereocenters. The second kappa shape index (κ2) is 6.60. The molecule has 0 atom stereocenters. The van der Waals surface area contributed by atoms with E-state index in [2.05, 4.69) is 14.8 Å². The molecule has 1 rings (SSSR count). The lowest BCUT2D eigenvalue weighted by atomic mass is 10.2. The van der Waals surface area contributed by atoms with Gasteiger partial charge in [0.05, 0.1) is 26.0 Å². The van der Waals surface area contributed by atoms with Gasteiger partial charge < -0.3 is 14.8 Å². The van der Waals surface area contributed by atoms with Crippen LogP contribution in [-0.2, 0) is 19.1 Å². The zero-order chi connectivity index (χ0) is 15.3. The molecule has 0 radical (unpaired) electrons. The maximum Gasteiger partial charge on any atom is 0.354 e. The first-order valence-electron chi connectivity index (χ1n) is 5.19. The Balaban J connectivity index is 3.14. The molecule has 0 aromatic heterocycles. The number of halogens is 3. The summed E-state index contributed by atoms with van der Waals surface area (Å²) < 4.78 is 47.9. The van der Waals surface area contributed by atoms with Gasteiger partial charge in [0, 0.05) is 0 Å². The normalized spacial score (nSPS) is 10.9. The van der Waals surface area contributed by atoms with E-state index in [1.54, 1.807) is 0 Å². The Labute approximate surface area is 112 Å². The predicted molar refractivity (Wildman–Crippen MR) is 62.1 cm³/mol. The van der Waals surface area contributed by atoms with Gasteiger partial charge >= 0.3 is 11.9 Å². The molecule has 0 amide bonds. The van der Waals surface area contributed by atoms with Crippen LogP contribution in [0.1, 0.15) is 0 Å². The van der Waals surface area contributed by atoms with Crippen molar-refractivity contribution in [3.63, 3.8) is 0 Å². The van der Waals surface area contributed by atoms with Crippen molar-refractivity contribution in [1.82, 2.24) is 0 Å². The highest BCUT2D eigenvalue weighted by molar-refractivity contribution is 5.98. The van der Waals surface area contributed by atoms with Crippen molar-refractivity contribution in [2.45, 2.75) is 0 Å². The van der Waals surface area contributed by atoms with Crippen molar-refractivity contribution in [1.29, 1.82) is 0 Å². The van der Waals surface area contributed by atoms with Crippen molar-refractivity contribution in [3.05, 3.63) is 41.4 Å². The van der Waals surface area contributed by atoms with Crippen molar-refractivity contribution < 1.29 is 32.2 Å². The van der Waals surface area contributed by atoms with Gasteiger partial charge in [0.15, 0.2) is 17.5 Å². The summed E-state index contributed by atoms with van der Waals surface area (Å²) in [5, 5.41) is 2.14. The quantitative estimate of drug-likeness (QED) is 0.519. The molecule has 0 spiro atoms. The van der Waals surface area contributed by atoms with Crippen molar-refractivity contribution in [2.24, 2.45) is 0 Å². The number of ether oxygens (including phenoxy) is 2. The fourth-order valence-corrected chi connectivity index (χ4v) is 1.20. The van der Waals surface area contributed by atoms with E-state index in [4.69, 9.17) is 0 Å². The number of hydrogen-bond donors (Lipinski definition) is 1. The molecule has 1 N–H and O–H groups in total. The van der Waals surface area contributed by atoms with Crippen LogP contribution in [0.2, 0.25) is 0 Å². The van der Waals surface area contributed by atoms with Crippen LogP contribution in [0.4, 0.5) is 18.9 Å². The van der Waals surface area contributed by atoms with Gasteiger partial charge in [-0.15, -0.1) is 0 Å². The molecule has 0 heterocycles. The molecule has 8 heteroatoms. The third kappa shape index (κ3) is 3.50. The number of hydrogen-bond acceptors (Lipinski definition) is 5. The van der Waals surface area contributed by atoms with Crippen molar-refractivity contribution >= 4 is 17.6 Å². The predicted octanol–water partition coefficient (Wildman–Crippen LogP) is 1.75. The van der Waals surface area contributed by atoms with E-state index >= 15 is 0 Å². The van der Waals surface area contributed by atoms with Crippen molar-refractivity contribution in [3.8, 4) is 0 Å². The van der Waals surface area contributed by atoms with Gasteiger partial charge in [-0.1, -0.05) is 0 Å². The average Bonchev–Trinajstić information content (AvgIpc) is 2.45. The Morgan fingerprint density at radius 1 is 1.10 bits per heavy atom. The summed E-state index contributed by atoms with van der Waals surface area (Å²) in [6, 6.07) is 1.52. The number of methoxy groups -OCH3 is 2. The Bertz CT molecular complexity index is 572. The van der Waals surface area contributed by atoms with Crippen molar-refractivity contribution in [2.75, 3.05) is 19.5 Å². The number of carbonyl (C=O) groups excluding carboxylic acids is 2. The van der Waals surface area contributed by atoms with Gasteiger partial charge in [-0.25, -0.2) is 22.8 Å². The van der Waals surface area contributed by atoms with Gasteiger partial charge in [-0.2, -0.15) is 0 Å². The van der Waals surface area contributed by atoms with E-state index in [-0.39, 0.29) is 0 Å². The largest absolute Gasteiger partial charge is 0.466 e. The first-order chi connectivity index (χ1) is 9.40. The first kappa shape index (κ1) is 15.5. The lowest BCUT2D eigenvalue weighted by molar-refractivity contribution is -0.138. The Morgan fingerprint density at radius 3 is 2.30 bits per heavy atom. The molecule has 1 aromatic carbocycles. The summed E-state index contributed by atoms with van der Waals surface area (Å²) in [5.41, 5.74) is -1.03. The number of esters is 2. The van der Waals surface area contributed by atoms with Crippen LogP contribution in [0.3, 0.4) is 0 Å². The maximum atomic E-state index is 13.4. The lowest BCUT2D eigenvalue weighted by Gasteiger charge is -2.10. The van der Waals surface area contributed by atoms with Crippen LogP contribution >= 0.6 is 0 Å². The highest BCUT2D eigenvalue weighted by atomic mass is 19.2. The Kier molecular flexibility index (Phi) is 5.13. The summed E-state index contributed by atoms with van der Waals surface area (Å²) >= 11 is 0. The number of anilines is 1. The molecule has 0 saturated heterocycles. The second-order valence-corrected chi connectivity index (χ2v) is 3.42. The molecule has 0 aliphatic heterocycles. The third-order valence-electron chi connectivity index (χ3n) is 2.17. The molecule has 0 bridgehead atoms. The van der Waals surface area contributed by atoms with E-state index in [0.29, 0.717) is 12.1 Å². The first-order valence-corrected chi connectivity index (χ1v) is 5.19. The molecule has 108 valence electrons. The summed E-state index contributed by atoms with van der Waals surface area (Å²) in [6.07, 6.45) is 0.687. The fraction of sp³-hybridized carbons (Fsp3) is 0.167. The molecule has 0 saturated carbocycles. The maximum absolute atomic E-state index is 13.4. The van der Waals surface area contributed by atoms with Crippen LogP contribution < -0.4 is 5.32 Å². The number of rotatable bonds is 4. The van der Waals surface area contributed by atoms with Crippen LogP contribution in [0.25, 0.3) is 0 Å². The molecule has 0 fully saturated rings. The highest BCUT2D eigenvalue weighted by Gasteiger charge is 2.18. The molecular weight excluding hydrogens is 279 g/mol. The van der Waals surface area contributed by atoms with Gasteiger partial charge in [-0.3, -0.25) is 0 Å². The number of carbonyl (C=O) groups is 2. The van der Waals surface area contributed by atoms with E-state index in [1.165, 1.54) is 0 Å². The van der Waals surface area contributed by atoms with E-state index < -0.39 is 40.8 Å². The topological polar surface area (TPSA) is 64.6 Å². The third-order valence-corrected chi connectivity index (χ3v) is 2.17. The van der Waals surface area contributed by atoms with E-state index in [1.807, 2.05) is 0 Å². The molecule has 0 aliphatic rings. The SMILES string of the molecule is COC(=O)/C=C(/Nc1ccc(F)c(F)c1F)C(=O)OC. The second-order valence-electron chi connectivity index (χ2n) is 3.42. The van der Waals surface area contributed by atoms with Gasteiger partial charge in [0.2, 0.25) is 0 Å². The Morgan fingerprint density at radius 2 is 1.75 bits per heavy atom. The Hall–Kier alpha value is -2.51. The lowest BCUT2D eigenvalue weighted by Crippen LogP contribution is -2.16. The highest BCUT2D eigenvalue weighted by Crippen LogP contribution is 2.21. The summed E-state index contributed by atoms with van der Waals surface area (Å²) in [4.78, 5) is 22.4. The van der Waals surface area contributed by atoms with Crippen LogP contribution in [0, 0.1) is 17.5 Å². The van der Waals surface area contributed by atoms with Crippen LogP contribution in [0.15, 0.2) is 23.9 Å². The molecule has 1 aromatic rings. The van der Waals surface area contributed by atoms with Gasteiger partial charge in [-0.05, 0) is 12.1 Å². The molecular formula is C12H10F3NO4. The standard InChI is InChI=1S/C12H10F3NO4/c1-19-9(17)5-8(12(18)20-2)16-7-4-3-6(13)10(14)11(7)15/h3-5,16H,1-2H3/b8-5+. The zero-order valence-corrected chi connectivity index (χ0v) is 10.5. The average molecular weight is 289 g/mol. The van der Waals surface area contributed by atoms with E-state index in [9.17, 15) is 22.8 Å². The summed E-state index contributed by atoms with van der Waals surface area (Å²) in [7, 11) is 2.09. The monoisotopic (exact) mass is 289 g/mol. The minimum Gasteiger partial charge on any atom is -0.466 e. The van der Waals surface area contributed by atoms with Crippen LogP contribution in [0.5, 0.6) is 0 Å².